The standard InChI is InChI=1S/C16H23F7O4/c1-2-3-4-5-6-7-10-26-12(24)8-9-13(25)27-11-14(17,18)15(19,20)16(21,22)23/h2-11H2,1H3. The van der Waals surface area contributed by atoms with Gasteiger partial charge in [0.25, 0.3) is 0 Å². The van der Waals surface area contributed by atoms with Gasteiger partial charge in [0.1, 0.15) is 0 Å². The number of rotatable bonds is 13. The van der Waals surface area contributed by atoms with E-state index in [9.17, 15) is 40.3 Å². The summed E-state index contributed by atoms with van der Waals surface area (Å²) in [5.41, 5.74) is 0. The van der Waals surface area contributed by atoms with Crippen LogP contribution in [0.25, 0.3) is 0 Å². The molecule has 0 bridgehead atoms. The molecule has 160 valence electrons. The molecule has 0 fully saturated rings. The van der Waals surface area contributed by atoms with Crippen molar-refractivity contribution in [3.63, 3.8) is 0 Å². The van der Waals surface area contributed by atoms with Gasteiger partial charge in [0.05, 0.1) is 19.4 Å². The smallest absolute Gasteiger partial charge is 0.460 e. The highest BCUT2D eigenvalue weighted by Crippen LogP contribution is 2.46. The van der Waals surface area contributed by atoms with E-state index in [4.69, 9.17) is 4.74 Å². The third-order valence-corrected chi connectivity index (χ3v) is 3.52. The molecule has 4 nitrogen and oxygen atoms in total. The van der Waals surface area contributed by atoms with Gasteiger partial charge in [0.15, 0.2) is 6.61 Å². The highest BCUT2D eigenvalue weighted by Gasteiger charge is 2.73. The van der Waals surface area contributed by atoms with Gasteiger partial charge < -0.3 is 9.47 Å². The van der Waals surface area contributed by atoms with Crippen LogP contribution in [0.15, 0.2) is 0 Å². The van der Waals surface area contributed by atoms with E-state index < -0.39 is 49.4 Å². The molecule has 0 spiro atoms. The number of alkyl halides is 7. The van der Waals surface area contributed by atoms with Crippen LogP contribution < -0.4 is 0 Å². The maximum absolute atomic E-state index is 12.9. The predicted molar refractivity (Wildman–Crippen MR) is 80.5 cm³/mol. The molecule has 0 radical (unpaired) electrons. The van der Waals surface area contributed by atoms with Crippen LogP contribution in [0.3, 0.4) is 0 Å². The molecule has 0 unspecified atom stereocenters. The van der Waals surface area contributed by atoms with Crippen LogP contribution in [0.5, 0.6) is 0 Å². The van der Waals surface area contributed by atoms with Gasteiger partial charge in [-0.2, -0.15) is 30.7 Å². The lowest BCUT2D eigenvalue weighted by Crippen LogP contribution is -2.54. The first-order valence-corrected chi connectivity index (χ1v) is 8.48. The van der Waals surface area contributed by atoms with Crippen molar-refractivity contribution in [3.05, 3.63) is 0 Å². The van der Waals surface area contributed by atoms with E-state index in [1.54, 1.807) is 0 Å². The monoisotopic (exact) mass is 412 g/mol. The second-order valence-electron chi connectivity index (χ2n) is 5.93. The maximum Gasteiger partial charge on any atom is 0.460 e. The lowest BCUT2D eigenvalue weighted by molar-refractivity contribution is -0.359. The molecule has 0 saturated heterocycles. The van der Waals surface area contributed by atoms with Gasteiger partial charge in [0, 0.05) is 0 Å². The zero-order valence-electron chi connectivity index (χ0n) is 14.8. The minimum absolute atomic E-state index is 0.107. The number of halogens is 7. The van der Waals surface area contributed by atoms with Gasteiger partial charge in [-0.3, -0.25) is 9.59 Å². The Hall–Kier alpha value is -1.55. The number of carbonyl (C=O) groups excluding carboxylic acids is 2. The Morgan fingerprint density at radius 2 is 1.22 bits per heavy atom. The molecular formula is C16H23F7O4. The van der Waals surface area contributed by atoms with Crippen LogP contribution >= 0.6 is 0 Å². The Balaban J connectivity index is 4.04. The fourth-order valence-corrected chi connectivity index (χ4v) is 1.89. The zero-order chi connectivity index (χ0) is 21.1. The third-order valence-electron chi connectivity index (χ3n) is 3.52. The topological polar surface area (TPSA) is 52.6 Å². The van der Waals surface area contributed by atoms with Crippen molar-refractivity contribution >= 4 is 11.9 Å². The Labute approximate surface area is 152 Å². The van der Waals surface area contributed by atoms with Crippen LogP contribution in [0.4, 0.5) is 30.7 Å². The van der Waals surface area contributed by atoms with Gasteiger partial charge in [-0.25, -0.2) is 0 Å². The summed E-state index contributed by atoms with van der Waals surface area (Å²) in [5, 5.41) is 0. The summed E-state index contributed by atoms with van der Waals surface area (Å²) in [7, 11) is 0. The van der Waals surface area contributed by atoms with Crippen molar-refractivity contribution in [3.8, 4) is 0 Å². The molecule has 0 aromatic rings. The fraction of sp³-hybridized carbons (Fsp3) is 0.875. The van der Waals surface area contributed by atoms with Crippen molar-refractivity contribution in [1.82, 2.24) is 0 Å². The molecule has 0 rings (SSSR count). The molecule has 0 aliphatic carbocycles. The third kappa shape index (κ3) is 9.28. The Morgan fingerprint density at radius 3 is 1.74 bits per heavy atom. The molecule has 0 aromatic carbocycles. The van der Waals surface area contributed by atoms with E-state index in [2.05, 4.69) is 11.7 Å². The normalized spacial score (nSPS) is 12.7. The summed E-state index contributed by atoms with van der Waals surface area (Å²) < 4.78 is 95.3. The maximum atomic E-state index is 12.9. The van der Waals surface area contributed by atoms with E-state index >= 15 is 0 Å². The number of ether oxygens (including phenoxy) is 2. The first-order valence-electron chi connectivity index (χ1n) is 8.48. The number of hydrogen-bond acceptors (Lipinski definition) is 4. The largest absolute Gasteiger partial charge is 0.466 e. The summed E-state index contributed by atoms with van der Waals surface area (Å²) in [6, 6.07) is 0. The summed E-state index contributed by atoms with van der Waals surface area (Å²) in [6.45, 7) is -0.281. The Bertz CT molecular complexity index is 464. The van der Waals surface area contributed by atoms with E-state index in [0.717, 1.165) is 32.1 Å². The summed E-state index contributed by atoms with van der Waals surface area (Å²) in [5.74, 6) is -14.3. The van der Waals surface area contributed by atoms with Crippen molar-refractivity contribution < 1.29 is 49.8 Å². The zero-order valence-corrected chi connectivity index (χ0v) is 14.8. The van der Waals surface area contributed by atoms with E-state index in [-0.39, 0.29) is 6.61 Å². The molecule has 11 heteroatoms. The van der Waals surface area contributed by atoms with Crippen LogP contribution in [0.1, 0.15) is 58.3 Å². The average Bonchev–Trinajstić information content (AvgIpc) is 2.56. The minimum Gasteiger partial charge on any atom is -0.466 e. The van der Waals surface area contributed by atoms with E-state index in [1.807, 2.05) is 0 Å². The van der Waals surface area contributed by atoms with Crippen molar-refractivity contribution in [2.75, 3.05) is 13.2 Å². The molecule has 0 heterocycles. The van der Waals surface area contributed by atoms with Crippen LogP contribution in [0.2, 0.25) is 0 Å². The van der Waals surface area contributed by atoms with Crippen molar-refractivity contribution in [1.29, 1.82) is 0 Å². The second kappa shape index (κ2) is 11.3. The molecule has 0 atom stereocenters. The molecular weight excluding hydrogens is 389 g/mol. The first-order chi connectivity index (χ1) is 12.3. The quantitative estimate of drug-likeness (QED) is 0.241. The average molecular weight is 412 g/mol. The van der Waals surface area contributed by atoms with Crippen LogP contribution in [-0.2, 0) is 19.1 Å². The number of esters is 2. The van der Waals surface area contributed by atoms with Gasteiger partial charge in [-0.05, 0) is 6.42 Å². The van der Waals surface area contributed by atoms with Gasteiger partial charge in [-0.1, -0.05) is 39.0 Å². The SMILES string of the molecule is CCCCCCCCOC(=O)CCC(=O)OCC(F)(F)C(F)(F)C(F)(F)F. The lowest BCUT2D eigenvalue weighted by atomic mass is 10.1. The van der Waals surface area contributed by atoms with Crippen LogP contribution in [0, 0.1) is 0 Å². The van der Waals surface area contributed by atoms with Gasteiger partial charge in [0.2, 0.25) is 0 Å². The van der Waals surface area contributed by atoms with Crippen molar-refractivity contribution in [2.24, 2.45) is 0 Å². The van der Waals surface area contributed by atoms with Gasteiger partial charge >= 0.3 is 30.0 Å². The highest BCUT2D eigenvalue weighted by molar-refractivity contribution is 5.77. The predicted octanol–water partition coefficient (Wildman–Crippen LogP) is 5.05. The number of carbonyl (C=O) groups is 2. The second-order valence-corrected chi connectivity index (χ2v) is 5.93. The Morgan fingerprint density at radius 1 is 0.741 bits per heavy atom. The minimum atomic E-state index is -6.50. The Kier molecular flexibility index (Phi) is 10.7. The van der Waals surface area contributed by atoms with E-state index in [1.165, 1.54) is 0 Å². The summed E-state index contributed by atoms with van der Waals surface area (Å²) in [6.07, 6.45) is -2.14. The first kappa shape index (κ1) is 25.4. The molecule has 0 amide bonds. The number of hydrogen-bond donors (Lipinski definition) is 0. The highest BCUT2D eigenvalue weighted by atomic mass is 19.4. The fourth-order valence-electron chi connectivity index (χ4n) is 1.89. The summed E-state index contributed by atoms with van der Waals surface area (Å²) in [4.78, 5) is 22.5. The summed E-state index contributed by atoms with van der Waals surface area (Å²) >= 11 is 0. The molecule has 0 saturated carbocycles. The molecule has 0 aromatic heterocycles. The van der Waals surface area contributed by atoms with E-state index in [0.29, 0.717) is 6.42 Å². The molecule has 0 aliphatic heterocycles. The molecule has 27 heavy (non-hydrogen) atoms. The molecule has 0 N–H and O–H groups in total. The van der Waals surface area contributed by atoms with Gasteiger partial charge in [-0.15, -0.1) is 0 Å². The lowest BCUT2D eigenvalue weighted by Gasteiger charge is -2.27. The van der Waals surface area contributed by atoms with Crippen molar-refractivity contribution in [2.45, 2.75) is 76.3 Å². The van der Waals surface area contributed by atoms with Crippen LogP contribution in [-0.4, -0.2) is 43.2 Å². The number of unbranched alkanes of at least 4 members (excludes halogenated alkanes) is 5. The molecule has 0 aliphatic rings.